The minimum atomic E-state index is -3.43. The first kappa shape index (κ1) is 15.5. The molecule has 0 bridgehead atoms. The minimum absolute atomic E-state index is 0.0546. The number of hydrogen-bond donors (Lipinski definition) is 1. The number of hydrogen-bond acceptors (Lipinski definition) is 3. The monoisotopic (exact) mass is 297 g/mol. The molecule has 2 atom stereocenters. The molecule has 0 aliphatic carbocycles. The van der Waals surface area contributed by atoms with Gasteiger partial charge < -0.3 is 5.11 Å². The highest BCUT2D eigenvalue weighted by Gasteiger charge is 2.29. The van der Waals surface area contributed by atoms with Crippen molar-refractivity contribution in [2.45, 2.75) is 56.6 Å². The lowest BCUT2D eigenvalue weighted by Gasteiger charge is -2.26. The van der Waals surface area contributed by atoms with Crippen LogP contribution in [0.3, 0.4) is 0 Å². The summed E-state index contributed by atoms with van der Waals surface area (Å²) in [6.07, 6.45) is 3.45. The fraction of sp³-hybridized carbons (Fsp3) is 0.600. The fourth-order valence-electron chi connectivity index (χ4n) is 2.66. The van der Waals surface area contributed by atoms with E-state index in [2.05, 4.69) is 0 Å². The molecule has 2 unspecified atom stereocenters. The predicted molar refractivity (Wildman–Crippen MR) is 78.9 cm³/mol. The summed E-state index contributed by atoms with van der Waals surface area (Å²) < 4.78 is 27.0. The summed E-state index contributed by atoms with van der Waals surface area (Å²) >= 11 is 0. The van der Waals surface area contributed by atoms with E-state index in [0.717, 1.165) is 31.2 Å². The SMILES string of the molecule is CC(O)c1ccc(S(=O)(=O)N2CCCCCC2C)cc1. The van der Waals surface area contributed by atoms with Gasteiger partial charge in [0.25, 0.3) is 0 Å². The molecule has 20 heavy (non-hydrogen) atoms. The summed E-state index contributed by atoms with van der Waals surface area (Å²) in [7, 11) is -3.43. The van der Waals surface area contributed by atoms with Gasteiger partial charge in [-0.05, 0) is 44.4 Å². The second-order valence-corrected chi connectivity index (χ2v) is 7.45. The van der Waals surface area contributed by atoms with Crippen molar-refractivity contribution in [1.82, 2.24) is 4.31 Å². The van der Waals surface area contributed by atoms with E-state index in [1.807, 2.05) is 6.92 Å². The van der Waals surface area contributed by atoms with E-state index in [0.29, 0.717) is 11.4 Å². The molecule has 1 N–H and O–H groups in total. The molecule has 1 aliphatic rings. The molecule has 0 amide bonds. The van der Waals surface area contributed by atoms with Crippen LogP contribution in [0.25, 0.3) is 0 Å². The van der Waals surface area contributed by atoms with Crippen LogP contribution in [-0.4, -0.2) is 30.4 Å². The molecule has 1 heterocycles. The van der Waals surface area contributed by atoms with Crippen LogP contribution >= 0.6 is 0 Å². The van der Waals surface area contributed by atoms with Crippen LogP contribution in [0.4, 0.5) is 0 Å². The Labute approximate surface area is 121 Å². The Kier molecular flexibility index (Phi) is 4.83. The molecular weight excluding hydrogens is 274 g/mol. The number of rotatable bonds is 3. The summed E-state index contributed by atoms with van der Waals surface area (Å²) in [6, 6.07) is 6.60. The molecule has 2 rings (SSSR count). The Balaban J connectivity index is 2.28. The highest BCUT2D eigenvalue weighted by molar-refractivity contribution is 7.89. The third-order valence-electron chi connectivity index (χ3n) is 3.96. The quantitative estimate of drug-likeness (QED) is 0.933. The zero-order valence-electron chi connectivity index (χ0n) is 12.1. The number of nitrogens with zero attached hydrogens (tertiary/aromatic N) is 1. The van der Waals surface area contributed by atoms with Gasteiger partial charge >= 0.3 is 0 Å². The van der Waals surface area contributed by atoms with Gasteiger partial charge in [-0.3, -0.25) is 0 Å². The van der Waals surface area contributed by atoms with Gasteiger partial charge in [-0.1, -0.05) is 25.0 Å². The van der Waals surface area contributed by atoms with Gasteiger partial charge in [0.1, 0.15) is 0 Å². The Morgan fingerprint density at radius 2 is 1.85 bits per heavy atom. The third-order valence-corrected chi connectivity index (χ3v) is 5.99. The lowest BCUT2D eigenvalue weighted by Crippen LogP contribution is -2.38. The van der Waals surface area contributed by atoms with Crippen LogP contribution in [0.1, 0.15) is 51.2 Å². The van der Waals surface area contributed by atoms with E-state index in [1.54, 1.807) is 35.5 Å². The summed E-state index contributed by atoms with van der Waals surface area (Å²) in [5, 5.41) is 9.49. The highest BCUT2D eigenvalue weighted by atomic mass is 32.2. The fourth-order valence-corrected chi connectivity index (χ4v) is 4.36. The molecule has 0 aromatic heterocycles. The molecule has 1 aromatic carbocycles. The number of aliphatic hydroxyl groups is 1. The Morgan fingerprint density at radius 3 is 2.45 bits per heavy atom. The number of aliphatic hydroxyl groups excluding tert-OH is 1. The summed E-state index contributed by atoms with van der Waals surface area (Å²) in [4.78, 5) is 0.315. The van der Waals surface area contributed by atoms with E-state index >= 15 is 0 Å². The molecule has 4 nitrogen and oxygen atoms in total. The molecular formula is C15H23NO3S. The standard InChI is InChI=1S/C15H23NO3S/c1-12-6-4-3-5-11-16(12)20(18,19)15-9-7-14(8-10-15)13(2)17/h7-10,12-13,17H,3-6,11H2,1-2H3. The zero-order valence-corrected chi connectivity index (χ0v) is 12.9. The van der Waals surface area contributed by atoms with Gasteiger partial charge in [0.05, 0.1) is 11.0 Å². The predicted octanol–water partition coefficient (Wildman–Crippen LogP) is 2.69. The topological polar surface area (TPSA) is 57.6 Å². The van der Waals surface area contributed by atoms with Crippen molar-refractivity contribution in [3.63, 3.8) is 0 Å². The van der Waals surface area contributed by atoms with Gasteiger partial charge in [0, 0.05) is 12.6 Å². The normalized spacial score (nSPS) is 23.2. The molecule has 1 saturated heterocycles. The van der Waals surface area contributed by atoms with Crippen molar-refractivity contribution in [1.29, 1.82) is 0 Å². The molecule has 0 spiro atoms. The molecule has 1 aromatic rings. The van der Waals surface area contributed by atoms with Gasteiger partial charge in [-0.25, -0.2) is 8.42 Å². The number of sulfonamides is 1. The van der Waals surface area contributed by atoms with Crippen molar-refractivity contribution in [2.24, 2.45) is 0 Å². The van der Waals surface area contributed by atoms with Gasteiger partial charge in [-0.2, -0.15) is 4.31 Å². The van der Waals surface area contributed by atoms with Crippen LogP contribution < -0.4 is 0 Å². The highest BCUT2D eigenvalue weighted by Crippen LogP contribution is 2.25. The Bertz CT molecular complexity index is 537. The maximum absolute atomic E-state index is 12.7. The first-order valence-corrected chi connectivity index (χ1v) is 8.67. The molecule has 0 saturated carbocycles. The first-order chi connectivity index (χ1) is 9.43. The van der Waals surface area contributed by atoms with E-state index in [1.165, 1.54) is 0 Å². The lowest BCUT2D eigenvalue weighted by atomic mass is 10.1. The van der Waals surface area contributed by atoms with E-state index in [4.69, 9.17) is 0 Å². The lowest BCUT2D eigenvalue weighted by molar-refractivity contribution is 0.199. The average Bonchev–Trinajstić information content (AvgIpc) is 2.64. The molecule has 112 valence electrons. The average molecular weight is 297 g/mol. The zero-order chi connectivity index (χ0) is 14.8. The van der Waals surface area contributed by atoms with E-state index in [9.17, 15) is 13.5 Å². The van der Waals surface area contributed by atoms with Gasteiger partial charge in [-0.15, -0.1) is 0 Å². The molecule has 5 heteroatoms. The second kappa shape index (κ2) is 6.24. The van der Waals surface area contributed by atoms with Crippen molar-refractivity contribution >= 4 is 10.0 Å². The van der Waals surface area contributed by atoms with Crippen molar-refractivity contribution in [2.75, 3.05) is 6.54 Å². The molecule has 1 fully saturated rings. The molecule has 1 aliphatic heterocycles. The van der Waals surface area contributed by atoms with Crippen molar-refractivity contribution in [3.05, 3.63) is 29.8 Å². The Morgan fingerprint density at radius 1 is 1.20 bits per heavy atom. The largest absolute Gasteiger partial charge is 0.389 e. The molecule has 0 radical (unpaired) electrons. The van der Waals surface area contributed by atoms with E-state index in [-0.39, 0.29) is 6.04 Å². The van der Waals surface area contributed by atoms with Crippen LogP contribution in [-0.2, 0) is 10.0 Å². The maximum Gasteiger partial charge on any atom is 0.243 e. The van der Waals surface area contributed by atoms with Crippen LogP contribution in [0.15, 0.2) is 29.2 Å². The van der Waals surface area contributed by atoms with Crippen LogP contribution in [0, 0.1) is 0 Å². The van der Waals surface area contributed by atoms with Crippen molar-refractivity contribution < 1.29 is 13.5 Å². The smallest absolute Gasteiger partial charge is 0.243 e. The third kappa shape index (κ3) is 3.22. The van der Waals surface area contributed by atoms with Crippen LogP contribution in [0.2, 0.25) is 0 Å². The maximum atomic E-state index is 12.7. The summed E-state index contributed by atoms with van der Waals surface area (Å²) in [5.41, 5.74) is 0.730. The summed E-state index contributed by atoms with van der Waals surface area (Å²) in [6.45, 7) is 4.25. The Hall–Kier alpha value is -0.910. The second-order valence-electron chi connectivity index (χ2n) is 5.56. The minimum Gasteiger partial charge on any atom is -0.389 e. The number of benzene rings is 1. The van der Waals surface area contributed by atoms with Crippen molar-refractivity contribution in [3.8, 4) is 0 Å². The van der Waals surface area contributed by atoms with Crippen LogP contribution in [0.5, 0.6) is 0 Å². The van der Waals surface area contributed by atoms with E-state index < -0.39 is 16.1 Å². The summed E-state index contributed by atoms with van der Waals surface area (Å²) in [5.74, 6) is 0. The van der Waals surface area contributed by atoms with Gasteiger partial charge in [0.15, 0.2) is 0 Å². The van der Waals surface area contributed by atoms with Gasteiger partial charge in [0.2, 0.25) is 10.0 Å². The first-order valence-electron chi connectivity index (χ1n) is 7.23.